The van der Waals surface area contributed by atoms with Crippen molar-refractivity contribution in [3.8, 4) is 0 Å². The highest BCUT2D eigenvalue weighted by Crippen LogP contribution is 2.19. The Morgan fingerprint density at radius 1 is 0.969 bits per heavy atom. The van der Waals surface area contributed by atoms with Crippen molar-refractivity contribution in [1.82, 2.24) is 15.1 Å². The van der Waals surface area contributed by atoms with E-state index < -0.39 is 27.0 Å². The largest absolute Gasteiger partial charge is 0.339 e. The summed E-state index contributed by atoms with van der Waals surface area (Å²) in [6, 6.07) is 12.1. The lowest BCUT2D eigenvalue weighted by molar-refractivity contribution is -0.138. The lowest BCUT2D eigenvalue weighted by Gasteiger charge is -2.36. The van der Waals surface area contributed by atoms with E-state index in [2.05, 4.69) is 5.32 Å². The van der Waals surface area contributed by atoms with Crippen molar-refractivity contribution in [1.29, 1.82) is 0 Å². The van der Waals surface area contributed by atoms with E-state index in [-0.39, 0.29) is 29.5 Å². The highest BCUT2D eigenvalue weighted by atomic mass is 35.5. The van der Waals surface area contributed by atoms with Gasteiger partial charge in [0.25, 0.3) is 11.8 Å². The molecule has 0 aromatic heterocycles. The van der Waals surface area contributed by atoms with Crippen molar-refractivity contribution in [2.45, 2.75) is 24.1 Å². The summed E-state index contributed by atoms with van der Waals surface area (Å²) in [5, 5.41) is 0.876. The van der Waals surface area contributed by atoms with Crippen LogP contribution in [0.25, 0.3) is 0 Å². The first-order valence-corrected chi connectivity index (χ1v) is 11.9. The molecule has 3 amide bonds. The SMILES string of the molecule is CC(=O)N1CCN(C(=O)[C@H](NC(=O)c2cccc(Cl)c2)S(=O)(=O)c2ccc(C)cc2)CC1. The van der Waals surface area contributed by atoms with Crippen LogP contribution in [0, 0.1) is 6.92 Å². The van der Waals surface area contributed by atoms with Crippen LogP contribution in [0.4, 0.5) is 0 Å². The number of benzene rings is 2. The van der Waals surface area contributed by atoms with Crippen molar-refractivity contribution >= 4 is 39.2 Å². The molecule has 1 fully saturated rings. The second-order valence-electron chi connectivity index (χ2n) is 7.55. The predicted molar refractivity (Wildman–Crippen MR) is 120 cm³/mol. The molecule has 1 saturated heterocycles. The second-order valence-corrected chi connectivity index (χ2v) is 10.0. The lowest BCUT2D eigenvalue weighted by Crippen LogP contribution is -2.57. The molecule has 0 aliphatic carbocycles. The molecular formula is C22H24ClN3O5S. The number of rotatable bonds is 5. The Morgan fingerprint density at radius 3 is 2.12 bits per heavy atom. The number of nitrogens with one attached hydrogen (secondary N) is 1. The zero-order chi connectivity index (χ0) is 23.5. The molecule has 1 aliphatic heterocycles. The van der Waals surface area contributed by atoms with Gasteiger partial charge < -0.3 is 15.1 Å². The van der Waals surface area contributed by atoms with E-state index in [1.165, 1.54) is 36.1 Å². The van der Waals surface area contributed by atoms with Crippen LogP contribution in [0.5, 0.6) is 0 Å². The van der Waals surface area contributed by atoms with Gasteiger partial charge in [-0.15, -0.1) is 0 Å². The second kappa shape index (κ2) is 9.70. The van der Waals surface area contributed by atoms with Crippen LogP contribution in [0.3, 0.4) is 0 Å². The van der Waals surface area contributed by atoms with Gasteiger partial charge in [0.15, 0.2) is 0 Å². The predicted octanol–water partition coefficient (Wildman–Crippen LogP) is 1.87. The molecule has 170 valence electrons. The standard InChI is InChI=1S/C22H24ClN3O5S/c1-15-6-8-19(9-7-15)32(30,31)21(24-20(28)17-4-3-5-18(23)14-17)22(29)26-12-10-25(11-13-26)16(2)27/h3-9,14,21H,10-13H2,1-2H3,(H,24,28)/t21-/m1/s1. The van der Waals surface area contributed by atoms with Gasteiger partial charge in [-0.3, -0.25) is 14.4 Å². The van der Waals surface area contributed by atoms with Gasteiger partial charge in [0.2, 0.25) is 21.1 Å². The molecule has 1 heterocycles. The summed E-state index contributed by atoms with van der Waals surface area (Å²) in [6.07, 6.45) is 0. The zero-order valence-electron chi connectivity index (χ0n) is 17.7. The van der Waals surface area contributed by atoms with Crippen LogP contribution in [-0.2, 0) is 19.4 Å². The summed E-state index contributed by atoms with van der Waals surface area (Å²) in [7, 11) is -4.25. The fraction of sp³-hybridized carbons (Fsp3) is 0.318. The maximum Gasteiger partial charge on any atom is 0.261 e. The molecule has 3 rings (SSSR count). The zero-order valence-corrected chi connectivity index (χ0v) is 19.3. The number of amides is 3. The summed E-state index contributed by atoms with van der Waals surface area (Å²) in [6.45, 7) is 4.18. The Morgan fingerprint density at radius 2 is 1.56 bits per heavy atom. The maximum atomic E-state index is 13.4. The molecule has 2 aromatic rings. The third kappa shape index (κ3) is 5.28. The van der Waals surface area contributed by atoms with Gasteiger partial charge in [-0.1, -0.05) is 35.4 Å². The molecule has 8 nitrogen and oxygen atoms in total. The number of sulfone groups is 1. The van der Waals surface area contributed by atoms with E-state index in [0.29, 0.717) is 18.1 Å². The van der Waals surface area contributed by atoms with Gasteiger partial charge >= 0.3 is 0 Å². The van der Waals surface area contributed by atoms with E-state index in [1.807, 2.05) is 6.92 Å². The quantitative estimate of drug-likeness (QED) is 0.708. The minimum atomic E-state index is -4.25. The maximum absolute atomic E-state index is 13.4. The van der Waals surface area contributed by atoms with E-state index in [9.17, 15) is 22.8 Å². The molecule has 0 radical (unpaired) electrons. The van der Waals surface area contributed by atoms with Crippen LogP contribution >= 0.6 is 11.6 Å². The van der Waals surface area contributed by atoms with Gasteiger partial charge in [0.1, 0.15) is 0 Å². The third-order valence-electron chi connectivity index (χ3n) is 5.27. The first-order chi connectivity index (χ1) is 15.1. The Balaban J connectivity index is 1.92. The average Bonchev–Trinajstić information content (AvgIpc) is 2.77. The van der Waals surface area contributed by atoms with Crippen molar-refractivity contribution in [3.05, 3.63) is 64.7 Å². The van der Waals surface area contributed by atoms with Crippen LogP contribution in [-0.4, -0.2) is 67.5 Å². The number of hydrogen-bond acceptors (Lipinski definition) is 5. The Bertz CT molecular complexity index is 1130. The molecule has 2 aromatic carbocycles. The van der Waals surface area contributed by atoms with Crippen molar-refractivity contribution < 1.29 is 22.8 Å². The van der Waals surface area contributed by atoms with E-state index >= 15 is 0 Å². The summed E-state index contributed by atoms with van der Waals surface area (Å²) >= 11 is 5.94. The van der Waals surface area contributed by atoms with E-state index in [4.69, 9.17) is 11.6 Å². The smallest absolute Gasteiger partial charge is 0.261 e. The third-order valence-corrected chi connectivity index (χ3v) is 7.37. The molecule has 32 heavy (non-hydrogen) atoms. The topological polar surface area (TPSA) is 104 Å². The number of hydrogen-bond donors (Lipinski definition) is 1. The van der Waals surface area contributed by atoms with Crippen molar-refractivity contribution in [3.63, 3.8) is 0 Å². The fourth-order valence-corrected chi connectivity index (χ4v) is 5.03. The number of piperazine rings is 1. The summed E-state index contributed by atoms with van der Waals surface area (Å²) < 4.78 is 26.8. The normalized spacial score (nSPS) is 15.2. The highest BCUT2D eigenvalue weighted by Gasteiger charge is 2.39. The number of aryl methyl sites for hydroxylation is 1. The Kier molecular flexibility index (Phi) is 7.20. The van der Waals surface area contributed by atoms with E-state index in [1.54, 1.807) is 29.2 Å². The van der Waals surface area contributed by atoms with Crippen molar-refractivity contribution in [2.75, 3.05) is 26.2 Å². The Labute approximate surface area is 192 Å². The average molecular weight is 478 g/mol. The molecule has 0 saturated carbocycles. The minimum absolute atomic E-state index is 0.0739. The van der Waals surface area contributed by atoms with Crippen LogP contribution in [0.15, 0.2) is 53.4 Å². The molecule has 0 bridgehead atoms. The number of halogens is 1. The molecule has 1 N–H and O–H groups in total. The van der Waals surface area contributed by atoms with Crippen molar-refractivity contribution in [2.24, 2.45) is 0 Å². The minimum Gasteiger partial charge on any atom is -0.339 e. The van der Waals surface area contributed by atoms with Crippen LogP contribution in [0.2, 0.25) is 5.02 Å². The lowest BCUT2D eigenvalue weighted by atomic mass is 10.2. The first-order valence-electron chi connectivity index (χ1n) is 10.0. The molecular weight excluding hydrogens is 454 g/mol. The van der Waals surface area contributed by atoms with Gasteiger partial charge in [0.05, 0.1) is 4.90 Å². The van der Waals surface area contributed by atoms with Crippen LogP contribution < -0.4 is 5.32 Å². The molecule has 0 spiro atoms. The summed E-state index contributed by atoms with van der Waals surface area (Å²) in [4.78, 5) is 40.5. The number of carbonyl (C=O) groups is 3. The first kappa shape index (κ1) is 23.7. The number of nitrogens with zero attached hydrogens (tertiary/aromatic N) is 2. The summed E-state index contributed by atoms with van der Waals surface area (Å²) in [5.74, 6) is -1.59. The summed E-state index contributed by atoms with van der Waals surface area (Å²) in [5.41, 5.74) is 0.992. The number of carbonyl (C=O) groups excluding carboxylic acids is 3. The monoisotopic (exact) mass is 477 g/mol. The molecule has 1 aliphatic rings. The van der Waals surface area contributed by atoms with Gasteiger partial charge in [-0.25, -0.2) is 8.42 Å². The van der Waals surface area contributed by atoms with Gasteiger partial charge in [-0.2, -0.15) is 0 Å². The molecule has 10 heteroatoms. The Hall–Kier alpha value is -2.91. The molecule has 0 unspecified atom stereocenters. The molecule has 1 atom stereocenters. The van der Waals surface area contributed by atoms with Gasteiger partial charge in [-0.05, 0) is 37.3 Å². The van der Waals surface area contributed by atoms with E-state index in [0.717, 1.165) is 5.56 Å². The highest BCUT2D eigenvalue weighted by molar-refractivity contribution is 7.92. The van der Waals surface area contributed by atoms with Gasteiger partial charge in [0, 0.05) is 43.7 Å². The fourth-order valence-electron chi connectivity index (χ4n) is 3.38. The van der Waals surface area contributed by atoms with Crippen LogP contribution in [0.1, 0.15) is 22.8 Å².